The summed E-state index contributed by atoms with van der Waals surface area (Å²) >= 11 is 0. The van der Waals surface area contributed by atoms with Gasteiger partial charge in [0.05, 0.1) is 17.6 Å². The number of amides is 2. The van der Waals surface area contributed by atoms with Crippen molar-refractivity contribution < 1.29 is 14.7 Å². The minimum absolute atomic E-state index is 0.0673. The van der Waals surface area contributed by atoms with Crippen LogP contribution in [-0.2, 0) is 11.8 Å². The predicted molar refractivity (Wildman–Crippen MR) is 117 cm³/mol. The number of benzene rings is 1. The van der Waals surface area contributed by atoms with E-state index in [1.807, 2.05) is 6.92 Å². The highest BCUT2D eigenvalue weighted by atomic mass is 16.3. The molecule has 4 N–H and O–H groups in total. The fourth-order valence-electron chi connectivity index (χ4n) is 3.49. The molecule has 1 saturated heterocycles. The molecule has 1 aromatic carbocycles. The summed E-state index contributed by atoms with van der Waals surface area (Å²) in [7, 11) is 1.78. The number of nitrogens with two attached hydrogens (primary N) is 1. The first-order valence-electron chi connectivity index (χ1n) is 10.1. The van der Waals surface area contributed by atoms with E-state index in [-0.39, 0.29) is 18.0 Å². The summed E-state index contributed by atoms with van der Waals surface area (Å²) in [6, 6.07) is 8.84. The third-order valence-corrected chi connectivity index (χ3v) is 5.21. The fraction of sp³-hybridized carbons (Fsp3) is 0.273. The minimum atomic E-state index is -1.67. The minimum Gasteiger partial charge on any atom is -0.369 e. The van der Waals surface area contributed by atoms with Crippen molar-refractivity contribution in [2.45, 2.75) is 18.9 Å². The van der Waals surface area contributed by atoms with Gasteiger partial charge >= 0.3 is 0 Å². The number of likely N-dealkylation sites (N-methyl/N-ethyl adjacent to an activating group) is 1. The molecule has 1 atom stereocenters. The van der Waals surface area contributed by atoms with E-state index in [2.05, 4.69) is 27.4 Å². The molecule has 0 radical (unpaired) electrons. The summed E-state index contributed by atoms with van der Waals surface area (Å²) < 4.78 is 3.13. The van der Waals surface area contributed by atoms with Gasteiger partial charge in [-0.3, -0.25) is 14.3 Å². The second-order valence-electron chi connectivity index (χ2n) is 7.50. The molecular weight excluding hydrogens is 410 g/mol. The van der Waals surface area contributed by atoms with Gasteiger partial charge in [-0.15, -0.1) is 0 Å². The van der Waals surface area contributed by atoms with Crippen LogP contribution in [0.4, 0.5) is 11.5 Å². The Kier molecular flexibility index (Phi) is 5.42. The highest BCUT2D eigenvalue weighted by Crippen LogP contribution is 2.23. The number of primary amides is 1. The Bertz CT molecular complexity index is 1250. The standard InChI is InChI=1S/C22H23N7O3/c1-3-28-12-10-22(32,21(28)31)9-7-15-5-4-6-16(13-15)29-14-17(19(26-29)20(23)30)24-18-8-11-27(2)25-18/h4-6,8,11,13-14,32H,3,10,12H2,1-2H3,(H2,23,30)(H,24,25)/t22-/m0/s1. The van der Waals surface area contributed by atoms with Crippen LogP contribution in [0.25, 0.3) is 5.69 Å². The molecule has 3 aromatic rings. The monoisotopic (exact) mass is 433 g/mol. The van der Waals surface area contributed by atoms with Gasteiger partial charge in [-0.25, -0.2) is 4.68 Å². The van der Waals surface area contributed by atoms with Crippen molar-refractivity contribution in [2.75, 3.05) is 18.4 Å². The first-order valence-corrected chi connectivity index (χ1v) is 10.1. The maximum absolute atomic E-state index is 12.3. The van der Waals surface area contributed by atoms with Crippen LogP contribution in [0.3, 0.4) is 0 Å². The molecule has 0 spiro atoms. The largest absolute Gasteiger partial charge is 0.369 e. The second kappa shape index (κ2) is 8.20. The lowest BCUT2D eigenvalue weighted by atomic mass is 10.0. The zero-order valence-electron chi connectivity index (χ0n) is 17.7. The maximum Gasteiger partial charge on any atom is 0.271 e. The Morgan fingerprint density at radius 1 is 1.34 bits per heavy atom. The SMILES string of the molecule is CCN1CC[C@@](O)(C#Cc2cccc(-n3cc(Nc4ccn(C)n4)c(C(N)=O)n3)c2)C1=O. The van der Waals surface area contributed by atoms with E-state index in [9.17, 15) is 14.7 Å². The number of rotatable bonds is 5. The van der Waals surface area contributed by atoms with Crippen molar-refractivity contribution in [2.24, 2.45) is 12.8 Å². The van der Waals surface area contributed by atoms with E-state index in [0.717, 1.165) is 0 Å². The van der Waals surface area contributed by atoms with Crippen LogP contribution in [0.15, 0.2) is 42.7 Å². The first-order chi connectivity index (χ1) is 15.3. The third kappa shape index (κ3) is 4.06. The van der Waals surface area contributed by atoms with E-state index < -0.39 is 11.5 Å². The van der Waals surface area contributed by atoms with Crippen LogP contribution in [0.1, 0.15) is 29.4 Å². The molecule has 0 bridgehead atoms. The fourth-order valence-corrected chi connectivity index (χ4v) is 3.49. The lowest BCUT2D eigenvalue weighted by Gasteiger charge is -2.15. The van der Waals surface area contributed by atoms with E-state index in [1.165, 1.54) is 4.68 Å². The normalized spacial score (nSPS) is 17.8. The number of hydrogen-bond acceptors (Lipinski definition) is 6. The number of aryl methyl sites for hydroxylation is 1. The van der Waals surface area contributed by atoms with Crippen molar-refractivity contribution in [1.82, 2.24) is 24.5 Å². The summed E-state index contributed by atoms with van der Waals surface area (Å²) in [6.45, 7) is 2.88. The van der Waals surface area contributed by atoms with Gasteiger partial charge in [-0.05, 0) is 25.1 Å². The van der Waals surface area contributed by atoms with Crippen LogP contribution in [-0.4, -0.2) is 60.1 Å². The van der Waals surface area contributed by atoms with Gasteiger partial charge in [0.1, 0.15) is 0 Å². The zero-order chi connectivity index (χ0) is 22.9. The molecule has 2 aromatic heterocycles. The van der Waals surface area contributed by atoms with Crippen molar-refractivity contribution in [3.8, 4) is 17.5 Å². The molecule has 3 heterocycles. The van der Waals surface area contributed by atoms with Gasteiger partial charge in [0.25, 0.3) is 11.8 Å². The third-order valence-electron chi connectivity index (χ3n) is 5.21. The lowest BCUT2D eigenvalue weighted by Crippen LogP contribution is -2.38. The topological polar surface area (TPSA) is 131 Å². The Hall–Kier alpha value is -4.10. The van der Waals surface area contributed by atoms with Crippen molar-refractivity contribution >= 4 is 23.3 Å². The summed E-state index contributed by atoms with van der Waals surface area (Å²) in [5, 5.41) is 22.2. The molecule has 0 saturated carbocycles. The van der Waals surface area contributed by atoms with Crippen LogP contribution in [0, 0.1) is 11.8 Å². The van der Waals surface area contributed by atoms with Crippen molar-refractivity contribution in [3.63, 3.8) is 0 Å². The van der Waals surface area contributed by atoms with Gasteiger partial charge in [-0.2, -0.15) is 10.2 Å². The van der Waals surface area contributed by atoms with Gasteiger partial charge in [-0.1, -0.05) is 17.9 Å². The van der Waals surface area contributed by atoms with Crippen LogP contribution >= 0.6 is 0 Å². The van der Waals surface area contributed by atoms with Gasteiger partial charge < -0.3 is 21.1 Å². The van der Waals surface area contributed by atoms with E-state index >= 15 is 0 Å². The Morgan fingerprint density at radius 3 is 2.81 bits per heavy atom. The molecule has 1 fully saturated rings. The Labute approximate surface area is 184 Å². The lowest BCUT2D eigenvalue weighted by molar-refractivity contribution is -0.138. The van der Waals surface area contributed by atoms with Crippen LogP contribution in [0.5, 0.6) is 0 Å². The number of anilines is 2. The highest BCUT2D eigenvalue weighted by Gasteiger charge is 2.43. The molecule has 0 aliphatic carbocycles. The number of aromatic nitrogens is 4. The van der Waals surface area contributed by atoms with Gasteiger partial charge in [0.2, 0.25) is 5.60 Å². The number of aliphatic hydroxyl groups is 1. The second-order valence-corrected chi connectivity index (χ2v) is 7.50. The van der Waals surface area contributed by atoms with E-state index in [0.29, 0.717) is 35.8 Å². The van der Waals surface area contributed by atoms with E-state index in [4.69, 9.17) is 5.73 Å². The molecular formula is C22H23N7O3. The number of nitrogens with zero attached hydrogens (tertiary/aromatic N) is 5. The van der Waals surface area contributed by atoms with E-state index in [1.54, 1.807) is 59.4 Å². The number of nitrogens with one attached hydrogen (secondary N) is 1. The van der Waals surface area contributed by atoms with Crippen LogP contribution < -0.4 is 11.1 Å². The number of hydrogen-bond donors (Lipinski definition) is 3. The average molecular weight is 433 g/mol. The predicted octanol–water partition coefficient (Wildman–Crippen LogP) is 0.783. The molecule has 164 valence electrons. The number of likely N-dealkylation sites (tertiary alicyclic amines) is 1. The summed E-state index contributed by atoms with van der Waals surface area (Å²) in [4.78, 5) is 25.8. The van der Waals surface area contributed by atoms with Gasteiger partial charge in [0, 0.05) is 44.4 Å². The van der Waals surface area contributed by atoms with Crippen LogP contribution in [0.2, 0.25) is 0 Å². The highest BCUT2D eigenvalue weighted by molar-refractivity contribution is 5.97. The molecule has 32 heavy (non-hydrogen) atoms. The average Bonchev–Trinajstić information content (AvgIpc) is 3.46. The quantitative estimate of drug-likeness (QED) is 0.510. The number of carbonyl (C=O) groups is 2. The zero-order valence-corrected chi connectivity index (χ0v) is 17.7. The number of carbonyl (C=O) groups excluding carboxylic acids is 2. The molecule has 1 aliphatic heterocycles. The Balaban J connectivity index is 1.62. The maximum atomic E-state index is 12.3. The molecule has 0 unspecified atom stereocenters. The van der Waals surface area contributed by atoms with Gasteiger partial charge in [0.15, 0.2) is 11.5 Å². The van der Waals surface area contributed by atoms with Crippen molar-refractivity contribution in [1.29, 1.82) is 0 Å². The summed E-state index contributed by atoms with van der Waals surface area (Å²) in [5.74, 6) is 5.11. The Morgan fingerprint density at radius 2 is 2.16 bits per heavy atom. The summed E-state index contributed by atoms with van der Waals surface area (Å²) in [5.41, 5.74) is 5.53. The van der Waals surface area contributed by atoms with Crippen molar-refractivity contribution in [3.05, 3.63) is 54.0 Å². The summed E-state index contributed by atoms with van der Waals surface area (Å²) in [6.07, 6.45) is 3.67. The molecule has 1 aliphatic rings. The molecule has 10 nitrogen and oxygen atoms in total. The molecule has 10 heteroatoms. The molecule has 2 amide bonds. The first kappa shape index (κ1) is 21.1. The molecule has 4 rings (SSSR count). The smallest absolute Gasteiger partial charge is 0.271 e.